The summed E-state index contributed by atoms with van der Waals surface area (Å²) < 4.78 is 29.7. The molecule has 7 heteroatoms. The van der Waals surface area contributed by atoms with Gasteiger partial charge in [0, 0.05) is 6.54 Å². The van der Waals surface area contributed by atoms with Crippen molar-refractivity contribution in [1.82, 2.24) is 5.32 Å². The van der Waals surface area contributed by atoms with Crippen LogP contribution in [0.3, 0.4) is 0 Å². The summed E-state index contributed by atoms with van der Waals surface area (Å²) in [4.78, 5) is 0. The summed E-state index contributed by atoms with van der Waals surface area (Å²) in [6.45, 7) is 6.06. The van der Waals surface area contributed by atoms with E-state index in [1.807, 2.05) is 0 Å². The maximum Gasteiger partial charge on any atom is 0.397 e. The second kappa shape index (κ2) is 20.1. The summed E-state index contributed by atoms with van der Waals surface area (Å²) in [6, 6.07) is 0. The second-order valence-corrected chi connectivity index (χ2v) is 7.57. The Bertz CT molecular complexity index is 349. The van der Waals surface area contributed by atoms with Gasteiger partial charge in [0.1, 0.15) is 0 Å². The Morgan fingerprint density at radius 1 is 0.880 bits per heavy atom. The predicted octanol–water partition coefficient (Wildman–Crippen LogP) is 4.09. The number of aliphatic hydroxyl groups is 1. The van der Waals surface area contributed by atoms with Crippen molar-refractivity contribution in [2.24, 2.45) is 0 Å². The quantitative estimate of drug-likeness (QED) is 0.274. The molecule has 0 amide bonds. The van der Waals surface area contributed by atoms with Gasteiger partial charge in [-0.1, -0.05) is 84.5 Å². The highest BCUT2D eigenvalue weighted by Crippen LogP contribution is 2.12. The molecular formula is C18H41NO5S. The van der Waals surface area contributed by atoms with Crippen LogP contribution in [0.15, 0.2) is 0 Å². The van der Waals surface area contributed by atoms with E-state index in [9.17, 15) is 13.5 Å². The first-order valence-corrected chi connectivity index (χ1v) is 11.2. The van der Waals surface area contributed by atoms with Gasteiger partial charge in [0.25, 0.3) is 0 Å². The molecule has 0 aromatic carbocycles. The third kappa shape index (κ3) is 28.8. The average Bonchev–Trinajstić information content (AvgIpc) is 2.57. The van der Waals surface area contributed by atoms with Crippen molar-refractivity contribution < 1.29 is 22.3 Å². The maximum atomic E-state index is 9.66. The average molecular weight is 384 g/mol. The molecule has 0 bridgehead atoms. The normalized spacial score (nSPS) is 12.5. The Morgan fingerprint density at radius 3 is 1.64 bits per heavy atom. The Kier molecular flexibility index (Phi) is 21.7. The van der Waals surface area contributed by atoms with Crippen LogP contribution in [-0.4, -0.2) is 44.4 Å². The molecule has 3 N–H and O–H groups in total. The molecule has 25 heavy (non-hydrogen) atoms. The van der Waals surface area contributed by atoms with Crippen LogP contribution in [0.4, 0.5) is 0 Å². The van der Waals surface area contributed by atoms with E-state index in [0.29, 0.717) is 0 Å². The highest BCUT2D eigenvalue weighted by molar-refractivity contribution is 7.80. The summed E-state index contributed by atoms with van der Waals surface area (Å²) in [6.07, 6.45) is 15.9. The van der Waals surface area contributed by atoms with E-state index >= 15 is 0 Å². The van der Waals surface area contributed by atoms with Gasteiger partial charge in [-0.25, -0.2) is 0 Å². The number of hydrogen-bond donors (Lipinski definition) is 3. The monoisotopic (exact) mass is 383 g/mol. The predicted molar refractivity (Wildman–Crippen MR) is 104 cm³/mol. The number of aliphatic hydroxyl groups excluding tert-OH is 1. The molecule has 0 spiro atoms. The summed E-state index contributed by atoms with van der Waals surface area (Å²) >= 11 is 0. The van der Waals surface area contributed by atoms with E-state index in [4.69, 9.17) is 4.55 Å². The SMILES string of the molecule is CCCCCCCCCCCCCC(O)CNCC.COS(=O)(=O)O. The first-order valence-electron chi connectivity index (χ1n) is 9.79. The van der Waals surface area contributed by atoms with Crippen LogP contribution in [0.2, 0.25) is 0 Å². The Hall–Kier alpha value is -0.210. The van der Waals surface area contributed by atoms with E-state index in [0.717, 1.165) is 26.6 Å². The highest BCUT2D eigenvalue weighted by atomic mass is 32.3. The van der Waals surface area contributed by atoms with Crippen molar-refractivity contribution in [3.8, 4) is 0 Å². The van der Waals surface area contributed by atoms with Gasteiger partial charge in [-0.15, -0.1) is 0 Å². The van der Waals surface area contributed by atoms with Gasteiger partial charge < -0.3 is 10.4 Å². The summed E-state index contributed by atoms with van der Waals surface area (Å²) in [5.74, 6) is 0. The summed E-state index contributed by atoms with van der Waals surface area (Å²) in [5, 5.41) is 12.8. The highest BCUT2D eigenvalue weighted by Gasteiger charge is 2.02. The van der Waals surface area contributed by atoms with E-state index in [2.05, 4.69) is 23.3 Å². The molecule has 0 aromatic rings. The standard InChI is InChI=1S/C17H37NO.CH4O4S/c1-3-5-6-7-8-9-10-11-12-13-14-15-17(19)16-18-4-2;1-5-6(2,3)4/h17-19H,3-16H2,1-2H3;1H3,(H,2,3,4). The lowest BCUT2D eigenvalue weighted by Crippen LogP contribution is -2.26. The van der Waals surface area contributed by atoms with Crippen molar-refractivity contribution in [2.45, 2.75) is 97.0 Å². The third-order valence-electron chi connectivity index (χ3n) is 3.98. The molecule has 0 radical (unpaired) electrons. The van der Waals surface area contributed by atoms with Gasteiger partial charge in [-0.3, -0.25) is 8.74 Å². The minimum atomic E-state index is -4.16. The zero-order valence-electron chi connectivity index (χ0n) is 16.5. The smallest absolute Gasteiger partial charge is 0.392 e. The number of hydrogen-bond acceptors (Lipinski definition) is 5. The van der Waals surface area contributed by atoms with Crippen LogP contribution in [0, 0.1) is 0 Å². The molecule has 0 rings (SSSR count). The molecule has 0 fully saturated rings. The fourth-order valence-corrected chi connectivity index (χ4v) is 2.46. The fourth-order valence-electron chi connectivity index (χ4n) is 2.46. The van der Waals surface area contributed by atoms with Gasteiger partial charge >= 0.3 is 10.4 Å². The van der Waals surface area contributed by atoms with Crippen molar-refractivity contribution >= 4 is 10.4 Å². The maximum absolute atomic E-state index is 9.66. The lowest BCUT2D eigenvalue weighted by Gasteiger charge is -2.10. The van der Waals surface area contributed by atoms with Crippen LogP contribution in [0.5, 0.6) is 0 Å². The Balaban J connectivity index is 0. The summed E-state index contributed by atoms with van der Waals surface area (Å²) in [7, 11) is -3.29. The minimum absolute atomic E-state index is 0.140. The van der Waals surface area contributed by atoms with Crippen molar-refractivity contribution in [3.05, 3.63) is 0 Å². The number of unbranched alkanes of at least 4 members (excludes halogenated alkanes) is 10. The molecule has 0 aliphatic carbocycles. The van der Waals surface area contributed by atoms with Crippen LogP contribution < -0.4 is 5.32 Å². The van der Waals surface area contributed by atoms with Crippen LogP contribution in [-0.2, 0) is 14.6 Å². The summed E-state index contributed by atoms with van der Waals surface area (Å²) in [5.41, 5.74) is 0. The largest absolute Gasteiger partial charge is 0.397 e. The zero-order chi connectivity index (χ0) is 19.4. The molecule has 0 saturated carbocycles. The Morgan fingerprint density at radius 2 is 1.28 bits per heavy atom. The van der Waals surface area contributed by atoms with Gasteiger partial charge in [0.2, 0.25) is 0 Å². The molecule has 0 aliphatic rings. The molecule has 0 heterocycles. The lowest BCUT2D eigenvalue weighted by atomic mass is 10.0. The van der Waals surface area contributed by atoms with Crippen molar-refractivity contribution in [1.29, 1.82) is 0 Å². The molecule has 0 aliphatic heterocycles. The first-order chi connectivity index (χ1) is 11.9. The molecular weight excluding hydrogens is 342 g/mol. The Labute approximate surface area is 155 Å². The third-order valence-corrected chi connectivity index (χ3v) is 4.40. The van der Waals surface area contributed by atoms with E-state index < -0.39 is 10.4 Å². The van der Waals surface area contributed by atoms with Gasteiger partial charge in [-0.2, -0.15) is 8.42 Å². The second-order valence-electron chi connectivity index (χ2n) is 6.38. The van der Waals surface area contributed by atoms with Crippen molar-refractivity contribution in [2.75, 3.05) is 20.2 Å². The molecule has 1 unspecified atom stereocenters. The molecule has 0 saturated heterocycles. The lowest BCUT2D eigenvalue weighted by molar-refractivity contribution is 0.158. The first kappa shape index (κ1) is 27.0. The number of likely N-dealkylation sites (N-methyl/N-ethyl adjacent to an activating group) is 1. The minimum Gasteiger partial charge on any atom is -0.392 e. The van der Waals surface area contributed by atoms with Crippen LogP contribution in [0.25, 0.3) is 0 Å². The van der Waals surface area contributed by atoms with Gasteiger partial charge in [0.05, 0.1) is 13.2 Å². The van der Waals surface area contributed by atoms with Crippen molar-refractivity contribution in [3.63, 3.8) is 0 Å². The number of rotatable bonds is 16. The van der Waals surface area contributed by atoms with Crippen LogP contribution >= 0.6 is 0 Å². The zero-order valence-corrected chi connectivity index (χ0v) is 17.3. The molecule has 1 atom stereocenters. The van der Waals surface area contributed by atoms with E-state index in [1.54, 1.807) is 0 Å². The number of nitrogens with one attached hydrogen (secondary N) is 1. The topological polar surface area (TPSA) is 95.9 Å². The van der Waals surface area contributed by atoms with Crippen LogP contribution in [0.1, 0.15) is 90.9 Å². The molecule has 0 aromatic heterocycles. The van der Waals surface area contributed by atoms with E-state index in [-0.39, 0.29) is 6.10 Å². The van der Waals surface area contributed by atoms with Gasteiger partial charge in [0.15, 0.2) is 0 Å². The molecule has 154 valence electrons. The van der Waals surface area contributed by atoms with E-state index in [1.165, 1.54) is 70.6 Å². The van der Waals surface area contributed by atoms with Gasteiger partial charge in [-0.05, 0) is 13.0 Å². The fraction of sp³-hybridized carbons (Fsp3) is 1.00. The molecule has 6 nitrogen and oxygen atoms in total.